The number of nitrogens with zero attached hydrogens (tertiary/aromatic N) is 2. The molecule has 3 heterocycles. The highest BCUT2D eigenvalue weighted by Gasteiger charge is 2.30. The number of hydrogen-bond acceptors (Lipinski definition) is 4. The van der Waals surface area contributed by atoms with Gasteiger partial charge < -0.3 is 19.5 Å². The van der Waals surface area contributed by atoms with Gasteiger partial charge in [-0.25, -0.2) is 0 Å². The lowest BCUT2D eigenvalue weighted by Crippen LogP contribution is -2.48. The number of piperidine rings is 1. The van der Waals surface area contributed by atoms with Crippen molar-refractivity contribution in [2.75, 3.05) is 18.0 Å². The maximum absolute atomic E-state index is 13.0. The zero-order chi connectivity index (χ0) is 22.7. The fraction of sp³-hybridized carbons (Fsp3) is 0.538. The van der Waals surface area contributed by atoms with Crippen LogP contribution in [0.4, 0.5) is 5.69 Å². The highest BCUT2D eigenvalue weighted by Crippen LogP contribution is 2.33. The average molecular weight is 438 g/mol. The Hall–Kier alpha value is -2.76. The number of para-hydroxylation sites is 1. The molecule has 2 aliphatic heterocycles. The number of rotatable bonds is 7. The van der Waals surface area contributed by atoms with Crippen LogP contribution in [0.2, 0.25) is 0 Å². The van der Waals surface area contributed by atoms with E-state index in [0.29, 0.717) is 37.0 Å². The van der Waals surface area contributed by atoms with E-state index in [4.69, 9.17) is 4.42 Å². The van der Waals surface area contributed by atoms with Crippen molar-refractivity contribution in [2.45, 2.75) is 71.5 Å². The maximum atomic E-state index is 13.0. The van der Waals surface area contributed by atoms with Crippen molar-refractivity contribution >= 4 is 17.5 Å². The molecule has 4 rings (SSSR count). The van der Waals surface area contributed by atoms with Crippen LogP contribution in [0.5, 0.6) is 0 Å². The van der Waals surface area contributed by atoms with Crippen molar-refractivity contribution in [2.24, 2.45) is 5.92 Å². The molecular formula is C26H35N3O3. The summed E-state index contributed by atoms with van der Waals surface area (Å²) in [4.78, 5) is 29.9. The lowest BCUT2D eigenvalue weighted by molar-refractivity contribution is -0.136. The van der Waals surface area contributed by atoms with Crippen LogP contribution in [-0.2, 0) is 17.8 Å². The third-order valence-electron chi connectivity index (χ3n) is 7.13. The third kappa shape index (κ3) is 4.54. The fourth-order valence-electron chi connectivity index (χ4n) is 5.09. The van der Waals surface area contributed by atoms with E-state index in [1.807, 2.05) is 4.90 Å². The van der Waals surface area contributed by atoms with Crippen molar-refractivity contribution in [1.82, 2.24) is 10.2 Å². The molecule has 1 atom stereocenters. The zero-order valence-electron chi connectivity index (χ0n) is 19.5. The molecule has 2 aliphatic rings. The summed E-state index contributed by atoms with van der Waals surface area (Å²) in [7, 11) is 0. The number of carbonyl (C=O) groups excluding carboxylic acids is 2. The minimum Gasteiger partial charge on any atom is -0.467 e. The Labute approximate surface area is 191 Å². The Balaban J connectivity index is 1.35. The van der Waals surface area contributed by atoms with Crippen LogP contribution in [-0.4, -0.2) is 41.9 Å². The third-order valence-corrected chi connectivity index (χ3v) is 7.13. The van der Waals surface area contributed by atoms with Gasteiger partial charge in [-0.3, -0.25) is 9.59 Å². The van der Waals surface area contributed by atoms with Crippen molar-refractivity contribution in [3.8, 4) is 0 Å². The molecule has 0 saturated carbocycles. The number of hydrogen-bond donors (Lipinski definition) is 1. The van der Waals surface area contributed by atoms with Crippen molar-refractivity contribution in [1.29, 1.82) is 0 Å². The summed E-state index contributed by atoms with van der Waals surface area (Å²) in [6, 6.07) is 10.7. The summed E-state index contributed by atoms with van der Waals surface area (Å²) in [5.41, 5.74) is 3.17. The first-order valence-corrected chi connectivity index (χ1v) is 12.0. The Morgan fingerprint density at radius 1 is 1.12 bits per heavy atom. The predicted octanol–water partition coefficient (Wildman–Crippen LogP) is 4.39. The number of carbonyl (C=O) groups is 2. The van der Waals surface area contributed by atoms with Crippen molar-refractivity contribution < 1.29 is 14.0 Å². The second kappa shape index (κ2) is 9.80. The number of likely N-dealkylation sites (tertiary alicyclic amines) is 1. The molecule has 1 saturated heterocycles. The van der Waals surface area contributed by atoms with Gasteiger partial charge in [-0.1, -0.05) is 32.0 Å². The zero-order valence-corrected chi connectivity index (χ0v) is 19.5. The molecule has 1 fully saturated rings. The fourth-order valence-corrected chi connectivity index (χ4v) is 5.09. The van der Waals surface area contributed by atoms with Crippen LogP contribution in [0.15, 0.2) is 41.0 Å². The molecule has 0 aliphatic carbocycles. The van der Waals surface area contributed by atoms with E-state index in [2.05, 4.69) is 55.3 Å². The molecule has 1 aromatic heterocycles. The molecule has 1 aromatic carbocycles. The first-order chi connectivity index (χ1) is 15.5. The summed E-state index contributed by atoms with van der Waals surface area (Å²) < 4.78 is 5.74. The van der Waals surface area contributed by atoms with Gasteiger partial charge in [-0.2, -0.15) is 0 Å². The van der Waals surface area contributed by atoms with Crippen LogP contribution in [0.3, 0.4) is 0 Å². The molecule has 0 bridgehead atoms. The van der Waals surface area contributed by atoms with Gasteiger partial charge in [0.1, 0.15) is 5.76 Å². The number of furan rings is 1. The van der Waals surface area contributed by atoms with Crippen LogP contribution in [0.1, 0.15) is 68.1 Å². The Kier molecular flexibility index (Phi) is 6.87. The van der Waals surface area contributed by atoms with E-state index in [9.17, 15) is 9.59 Å². The highest BCUT2D eigenvalue weighted by atomic mass is 16.3. The van der Waals surface area contributed by atoms with Gasteiger partial charge in [0.15, 0.2) is 0 Å². The van der Waals surface area contributed by atoms with E-state index < -0.39 is 0 Å². The lowest BCUT2D eigenvalue weighted by Gasteiger charge is -2.34. The molecule has 32 heavy (non-hydrogen) atoms. The van der Waals surface area contributed by atoms with Crippen LogP contribution in [0.25, 0.3) is 0 Å². The smallest absolute Gasteiger partial charge is 0.255 e. The van der Waals surface area contributed by atoms with Crippen LogP contribution in [0, 0.1) is 5.92 Å². The van der Waals surface area contributed by atoms with Gasteiger partial charge in [-0.15, -0.1) is 0 Å². The monoisotopic (exact) mass is 437 g/mol. The molecule has 2 amide bonds. The first-order valence-electron chi connectivity index (χ1n) is 12.0. The van der Waals surface area contributed by atoms with Gasteiger partial charge >= 0.3 is 0 Å². The standard InChI is InChI=1S/C26H35N3O3/c1-4-19(5-2)26(31)28-13-10-21(11-14-28)27-25(30)22-12-15-32-24(22)17-29-18(3)16-20-8-6-7-9-23(20)29/h6-9,12,15,18-19,21H,4-5,10-11,13-14,16-17H2,1-3H3,(H,27,30). The maximum Gasteiger partial charge on any atom is 0.255 e. The van der Waals surface area contributed by atoms with Crippen LogP contribution < -0.4 is 10.2 Å². The molecule has 6 heteroatoms. The molecule has 0 radical (unpaired) electrons. The Morgan fingerprint density at radius 3 is 2.56 bits per heavy atom. The van der Waals surface area contributed by atoms with E-state index in [1.165, 1.54) is 11.3 Å². The molecule has 1 unspecified atom stereocenters. The average Bonchev–Trinajstić information content (AvgIpc) is 3.39. The summed E-state index contributed by atoms with van der Waals surface area (Å²) in [5, 5.41) is 3.18. The summed E-state index contributed by atoms with van der Waals surface area (Å²) >= 11 is 0. The molecule has 172 valence electrons. The number of amides is 2. The summed E-state index contributed by atoms with van der Waals surface area (Å²) in [6.07, 6.45) is 5.97. The molecule has 6 nitrogen and oxygen atoms in total. The van der Waals surface area contributed by atoms with Crippen molar-refractivity contribution in [3.05, 3.63) is 53.5 Å². The molecule has 2 aromatic rings. The molecule has 1 N–H and O–H groups in total. The number of benzene rings is 1. The number of anilines is 1. The first kappa shape index (κ1) is 22.4. The number of nitrogens with one attached hydrogen (secondary N) is 1. The predicted molar refractivity (Wildman–Crippen MR) is 126 cm³/mol. The topological polar surface area (TPSA) is 65.8 Å². The van der Waals surface area contributed by atoms with Gasteiger partial charge in [0.25, 0.3) is 5.91 Å². The minimum atomic E-state index is -0.0846. The van der Waals surface area contributed by atoms with Gasteiger partial charge in [0.05, 0.1) is 18.4 Å². The van der Waals surface area contributed by atoms with E-state index in [1.54, 1.807) is 12.3 Å². The highest BCUT2D eigenvalue weighted by molar-refractivity contribution is 5.95. The molecule has 0 spiro atoms. The van der Waals surface area contributed by atoms with Crippen molar-refractivity contribution in [3.63, 3.8) is 0 Å². The quantitative estimate of drug-likeness (QED) is 0.698. The summed E-state index contributed by atoms with van der Waals surface area (Å²) in [6.45, 7) is 8.35. The SMILES string of the molecule is CCC(CC)C(=O)N1CCC(NC(=O)c2ccoc2CN2c3ccccc3CC2C)CC1. The summed E-state index contributed by atoms with van der Waals surface area (Å²) in [5.74, 6) is 0.996. The lowest BCUT2D eigenvalue weighted by atomic mass is 9.98. The second-order valence-electron chi connectivity index (χ2n) is 9.15. The van der Waals surface area contributed by atoms with E-state index in [-0.39, 0.29) is 23.8 Å². The normalized spacial score (nSPS) is 18.8. The van der Waals surface area contributed by atoms with Gasteiger partial charge in [0.2, 0.25) is 5.91 Å². The Bertz CT molecular complexity index is 941. The Morgan fingerprint density at radius 2 is 1.84 bits per heavy atom. The van der Waals surface area contributed by atoms with E-state index >= 15 is 0 Å². The number of fused-ring (bicyclic) bond motifs is 1. The van der Waals surface area contributed by atoms with Crippen LogP contribution >= 0.6 is 0 Å². The van der Waals surface area contributed by atoms with Gasteiger partial charge in [0, 0.05) is 36.8 Å². The second-order valence-corrected chi connectivity index (χ2v) is 9.15. The largest absolute Gasteiger partial charge is 0.467 e. The molecular weight excluding hydrogens is 402 g/mol. The van der Waals surface area contributed by atoms with Gasteiger partial charge in [-0.05, 0) is 56.7 Å². The van der Waals surface area contributed by atoms with E-state index in [0.717, 1.165) is 32.1 Å². The minimum absolute atomic E-state index is 0.0846.